The van der Waals surface area contributed by atoms with Crippen molar-refractivity contribution >= 4 is 10.9 Å². The van der Waals surface area contributed by atoms with Gasteiger partial charge in [0.1, 0.15) is 0 Å². The number of rotatable bonds is 7. The minimum absolute atomic E-state index is 0.115. The van der Waals surface area contributed by atoms with Crippen LogP contribution in [0.5, 0.6) is 0 Å². The molecule has 1 heteroatoms. The highest BCUT2D eigenvalue weighted by molar-refractivity contribution is 8.08. The van der Waals surface area contributed by atoms with Crippen molar-refractivity contribution in [1.82, 2.24) is 0 Å². The molecule has 1 aliphatic carbocycles. The lowest BCUT2D eigenvalue weighted by molar-refractivity contribution is 1.03. The molecule has 0 heterocycles. The van der Waals surface area contributed by atoms with Gasteiger partial charge in [-0.25, -0.2) is 0 Å². The van der Waals surface area contributed by atoms with Gasteiger partial charge in [0, 0.05) is 0 Å². The maximum Gasteiger partial charge on any atom is 0.165 e. The normalized spacial score (nSPS) is 14.3. The molecule has 0 amide bonds. The second-order valence-electron chi connectivity index (χ2n) is 4.19. The van der Waals surface area contributed by atoms with Gasteiger partial charge in [-0.05, 0) is 56.2 Å². The maximum absolute atomic E-state index is 3.96. The van der Waals surface area contributed by atoms with Crippen LogP contribution < -0.4 is 0 Å². The van der Waals surface area contributed by atoms with Crippen LogP contribution in [-0.2, 0) is 10.9 Å². The number of allylic oxidation sites excluding steroid dienone is 10. The van der Waals surface area contributed by atoms with Crippen LogP contribution in [0.15, 0.2) is 95.2 Å². The Morgan fingerprint density at radius 2 is 1.54 bits per heavy atom. The zero-order valence-corrected chi connectivity index (χ0v) is 19.0. The Hall–Kier alpha value is -1.73. The van der Waals surface area contributed by atoms with Crippen molar-refractivity contribution in [3.05, 3.63) is 95.2 Å². The molecule has 26 heavy (non-hydrogen) atoms. The second kappa shape index (κ2) is 23.3. The summed E-state index contributed by atoms with van der Waals surface area (Å²) in [5, 5.41) is 0. The van der Waals surface area contributed by atoms with Gasteiger partial charge in [-0.2, -0.15) is 0 Å². The van der Waals surface area contributed by atoms with Crippen LogP contribution in [-0.4, -0.2) is 0 Å². The predicted molar refractivity (Wildman–Crippen MR) is 129 cm³/mol. The molecule has 1 atom stereocenters. The van der Waals surface area contributed by atoms with E-state index in [2.05, 4.69) is 57.0 Å². The van der Waals surface area contributed by atoms with Crippen LogP contribution >= 0.6 is 0 Å². The molecule has 0 bridgehead atoms. The van der Waals surface area contributed by atoms with Gasteiger partial charge in [0.15, 0.2) is 14.7 Å². The van der Waals surface area contributed by atoms with Crippen LogP contribution in [0.1, 0.15) is 61.3 Å². The Balaban J connectivity index is -0.000000795. The molecule has 0 nitrogen and oxygen atoms in total. The average Bonchev–Trinajstić information content (AvgIpc) is 2.75. The Labute approximate surface area is 167 Å². The van der Waals surface area contributed by atoms with Crippen molar-refractivity contribution in [2.75, 3.05) is 0 Å². The summed E-state index contributed by atoms with van der Waals surface area (Å²) < 4.78 is 0. The van der Waals surface area contributed by atoms with Gasteiger partial charge in [-0.1, -0.05) is 85.6 Å². The molecule has 146 valence electrons. The molecule has 0 aromatic rings. The van der Waals surface area contributed by atoms with E-state index >= 15 is 0 Å². The third-order valence-electron chi connectivity index (χ3n) is 2.83. The van der Waals surface area contributed by atoms with E-state index in [1.165, 1.54) is 14.7 Å². The van der Waals surface area contributed by atoms with Crippen molar-refractivity contribution < 1.29 is 0 Å². The standard InChI is InChI=1S/C19H23S.3C2H6/c1-5-9-14-18(8-4)20(17(7-3)13-6-2)19-15-11-10-12-16-19;3*1-2/h5-9,11,13-16H,1-3,10,12H2,4H3;3*1-2H3/q+1;;;/b14-9-,17-13+,18-8+;;;. The first-order valence-electron chi connectivity index (χ1n) is 9.80. The largest absolute Gasteiger partial charge is 0.165 e. The Morgan fingerprint density at radius 3 is 1.92 bits per heavy atom. The monoisotopic (exact) mass is 373 g/mol. The summed E-state index contributed by atoms with van der Waals surface area (Å²) in [7, 11) is -0.115. The van der Waals surface area contributed by atoms with Crippen molar-refractivity contribution in [2.45, 2.75) is 61.3 Å². The second-order valence-corrected chi connectivity index (χ2v) is 6.21. The molecule has 1 unspecified atom stereocenters. The molecule has 0 aromatic heterocycles. The van der Waals surface area contributed by atoms with Crippen molar-refractivity contribution in [2.24, 2.45) is 0 Å². The first-order valence-corrected chi connectivity index (χ1v) is 11.0. The summed E-state index contributed by atoms with van der Waals surface area (Å²) in [5.41, 5.74) is 0. The summed E-state index contributed by atoms with van der Waals surface area (Å²) in [6.07, 6.45) is 22.9. The minimum Gasteiger partial charge on any atom is -0.0991 e. The molecule has 0 aliphatic heterocycles. The third-order valence-corrected chi connectivity index (χ3v) is 5.22. The lowest BCUT2D eigenvalue weighted by atomic mass is 10.2. The van der Waals surface area contributed by atoms with Crippen LogP contribution in [0, 0.1) is 0 Å². The molecule has 0 saturated carbocycles. The molecule has 1 aliphatic rings. The van der Waals surface area contributed by atoms with Crippen molar-refractivity contribution in [1.29, 1.82) is 0 Å². The van der Waals surface area contributed by atoms with E-state index in [-0.39, 0.29) is 10.9 Å². The summed E-state index contributed by atoms with van der Waals surface area (Å²) in [6.45, 7) is 25.6. The van der Waals surface area contributed by atoms with E-state index in [1.54, 1.807) is 6.08 Å². The van der Waals surface area contributed by atoms with Crippen LogP contribution in [0.3, 0.4) is 0 Å². The lowest BCUT2D eigenvalue weighted by Gasteiger charge is -2.11. The quantitative estimate of drug-likeness (QED) is 0.309. The molecule has 0 radical (unpaired) electrons. The fourth-order valence-corrected chi connectivity index (χ4v) is 4.11. The van der Waals surface area contributed by atoms with Crippen LogP contribution in [0.25, 0.3) is 0 Å². The van der Waals surface area contributed by atoms with E-state index < -0.39 is 0 Å². The number of hydrogen-bond donors (Lipinski definition) is 0. The SMILES string of the molecule is C=C/C=C\C(=C/C)[S+](C1=CCCC=C1)/C(C=C)=C/C=C.CC.CC.CC. The molecule has 0 saturated heterocycles. The molecule has 0 spiro atoms. The molecule has 0 fully saturated rings. The maximum atomic E-state index is 3.96. The topological polar surface area (TPSA) is 0 Å². The third kappa shape index (κ3) is 11.8. The molecule has 0 N–H and O–H groups in total. The summed E-state index contributed by atoms with van der Waals surface area (Å²) in [5.74, 6) is 0. The van der Waals surface area contributed by atoms with Gasteiger partial charge in [-0.3, -0.25) is 0 Å². The van der Waals surface area contributed by atoms with E-state index in [0.29, 0.717) is 0 Å². The highest BCUT2D eigenvalue weighted by Gasteiger charge is 2.31. The van der Waals surface area contributed by atoms with Gasteiger partial charge in [0.05, 0.1) is 10.9 Å². The molecular weight excluding hydrogens is 332 g/mol. The van der Waals surface area contributed by atoms with Gasteiger partial charge in [0.2, 0.25) is 0 Å². The fourth-order valence-electron chi connectivity index (χ4n) is 1.93. The van der Waals surface area contributed by atoms with Crippen molar-refractivity contribution in [3.63, 3.8) is 0 Å². The predicted octanol–water partition coefficient (Wildman–Crippen LogP) is 8.82. The highest BCUT2D eigenvalue weighted by atomic mass is 32.2. The Kier molecular flexibility index (Phi) is 26.0. The summed E-state index contributed by atoms with van der Waals surface area (Å²) in [6, 6.07) is 0. The van der Waals surface area contributed by atoms with Gasteiger partial charge >= 0.3 is 0 Å². The van der Waals surface area contributed by atoms with E-state index in [9.17, 15) is 0 Å². The highest BCUT2D eigenvalue weighted by Crippen LogP contribution is 2.33. The first-order chi connectivity index (χ1) is 12.8. The Morgan fingerprint density at radius 1 is 0.923 bits per heavy atom. The molecular formula is C25H41S+. The van der Waals surface area contributed by atoms with Crippen molar-refractivity contribution in [3.8, 4) is 0 Å². The Bertz CT molecular complexity index is 510. The van der Waals surface area contributed by atoms with E-state index in [1.807, 2.05) is 65.8 Å². The summed E-state index contributed by atoms with van der Waals surface area (Å²) >= 11 is 0. The average molecular weight is 374 g/mol. The smallest absolute Gasteiger partial charge is 0.0991 e. The number of hydrogen-bond acceptors (Lipinski definition) is 0. The van der Waals surface area contributed by atoms with Gasteiger partial charge in [-0.15, -0.1) is 0 Å². The first kappa shape index (κ1) is 29.0. The van der Waals surface area contributed by atoms with Gasteiger partial charge in [0.25, 0.3) is 0 Å². The van der Waals surface area contributed by atoms with Gasteiger partial charge < -0.3 is 0 Å². The van der Waals surface area contributed by atoms with E-state index in [0.717, 1.165) is 12.8 Å². The van der Waals surface area contributed by atoms with Crippen LogP contribution in [0.2, 0.25) is 0 Å². The lowest BCUT2D eigenvalue weighted by Crippen LogP contribution is -2.09. The zero-order valence-electron chi connectivity index (χ0n) is 18.2. The summed E-state index contributed by atoms with van der Waals surface area (Å²) in [4.78, 5) is 3.82. The minimum atomic E-state index is -0.115. The fraction of sp³-hybridized carbons (Fsp3) is 0.360. The zero-order chi connectivity index (χ0) is 20.8. The molecule has 1 rings (SSSR count). The van der Waals surface area contributed by atoms with Crippen LogP contribution in [0.4, 0.5) is 0 Å². The molecule has 0 aromatic carbocycles. The van der Waals surface area contributed by atoms with E-state index in [4.69, 9.17) is 0 Å².